The molecule has 0 aliphatic carbocycles. The molecule has 2 aromatic rings. The summed E-state index contributed by atoms with van der Waals surface area (Å²) in [5, 5.41) is 3.62. The number of hydrogen-bond donors (Lipinski definition) is 1. The second-order valence-electron chi connectivity index (χ2n) is 4.70. The predicted molar refractivity (Wildman–Crippen MR) is 74.5 cm³/mol. The average Bonchev–Trinajstić information content (AvgIpc) is 2.93. The Balaban J connectivity index is 1.93. The molecular weight excluding hydrogens is 222 g/mol. The van der Waals surface area contributed by atoms with E-state index in [4.69, 9.17) is 4.42 Å². The van der Waals surface area contributed by atoms with Crippen LogP contribution in [0.3, 0.4) is 0 Å². The average molecular weight is 243 g/mol. The van der Waals surface area contributed by atoms with Crippen LogP contribution in [-0.4, -0.2) is 6.04 Å². The van der Waals surface area contributed by atoms with Crippen molar-refractivity contribution in [2.45, 2.75) is 38.8 Å². The smallest absolute Gasteiger partial charge is 0.120 e. The van der Waals surface area contributed by atoms with Crippen LogP contribution in [0.2, 0.25) is 0 Å². The summed E-state index contributed by atoms with van der Waals surface area (Å²) in [6.07, 6.45) is 3.90. The molecule has 2 atom stereocenters. The predicted octanol–water partition coefficient (Wildman–Crippen LogP) is 3.95. The number of nitrogens with one attached hydrogen (secondary N) is 1. The highest BCUT2D eigenvalue weighted by molar-refractivity contribution is 5.16. The van der Waals surface area contributed by atoms with E-state index < -0.39 is 0 Å². The second kappa shape index (κ2) is 6.41. The summed E-state index contributed by atoms with van der Waals surface area (Å²) in [7, 11) is 0. The Labute approximate surface area is 109 Å². The van der Waals surface area contributed by atoms with E-state index in [9.17, 15) is 0 Å². The van der Waals surface area contributed by atoms with Gasteiger partial charge in [0.15, 0.2) is 0 Å². The topological polar surface area (TPSA) is 25.2 Å². The third-order valence-corrected chi connectivity index (χ3v) is 3.27. The SMILES string of the molecule is CCC(Cc1ccccc1)NC(C)c1ccco1. The largest absolute Gasteiger partial charge is 0.468 e. The highest BCUT2D eigenvalue weighted by atomic mass is 16.3. The van der Waals surface area contributed by atoms with Crippen LogP contribution in [0, 0.1) is 0 Å². The molecule has 0 fully saturated rings. The van der Waals surface area contributed by atoms with Crippen LogP contribution in [0.15, 0.2) is 53.1 Å². The molecule has 2 nitrogen and oxygen atoms in total. The molecule has 0 radical (unpaired) electrons. The quantitative estimate of drug-likeness (QED) is 0.831. The first kappa shape index (κ1) is 12.9. The first-order valence-corrected chi connectivity index (χ1v) is 6.63. The van der Waals surface area contributed by atoms with Gasteiger partial charge in [-0.2, -0.15) is 0 Å². The Morgan fingerprint density at radius 1 is 1.11 bits per heavy atom. The Morgan fingerprint density at radius 3 is 2.50 bits per heavy atom. The summed E-state index contributed by atoms with van der Waals surface area (Å²) in [5.41, 5.74) is 1.38. The zero-order chi connectivity index (χ0) is 12.8. The van der Waals surface area contributed by atoms with Crippen LogP contribution in [0.5, 0.6) is 0 Å². The fraction of sp³-hybridized carbons (Fsp3) is 0.375. The molecular formula is C16H21NO. The molecule has 18 heavy (non-hydrogen) atoms. The van der Waals surface area contributed by atoms with Gasteiger partial charge in [0.2, 0.25) is 0 Å². The summed E-state index contributed by atoms with van der Waals surface area (Å²) in [4.78, 5) is 0. The van der Waals surface area contributed by atoms with E-state index in [1.54, 1.807) is 6.26 Å². The summed E-state index contributed by atoms with van der Waals surface area (Å²) >= 11 is 0. The number of hydrogen-bond acceptors (Lipinski definition) is 2. The Kier molecular flexibility index (Phi) is 4.59. The van der Waals surface area contributed by atoms with E-state index in [2.05, 4.69) is 49.5 Å². The lowest BCUT2D eigenvalue weighted by molar-refractivity contribution is 0.380. The highest BCUT2D eigenvalue weighted by Gasteiger charge is 2.13. The molecule has 0 saturated heterocycles. The monoisotopic (exact) mass is 243 g/mol. The van der Waals surface area contributed by atoms with E-state index in [0.29, 0.717) is 6.04 Å². The first-order chi connectivity index (χ1) is 8.79. The van der Waals surface area contributed by atoms with Crippen molar-refractivity contribution in [2.75, 3.05) is 0 Å². The van der Waals surface area contributed by atoms with Crippen LogP contribution in [0.25, 0.3) is 0 Å². The maximum atomic E-state index is 5.43. The van der Waals surface area contributed by atoms with Crippen molar-refractivity contribution in [3.05, 3.63) is 60.1 Å². The van der Waals surface area contributed by atoms with Crippen LogP contribution in [-0.2, 0) is 6.42 Å². The van der Waals surface area contributed by atoms with Gasteiger partial charge in [0, 0.05) is 6.04 Å². The van der Waals surface area contributed by atoms with Crippen LogP contribution < -0.4 is 5.32 Å². The van der Waals surface area contributed by atoms with Gasteiger partial charge in [-0.1, -0.05) is 37.3 Å². The standard InChI is InChI=1S/C16H21NO/c1-3-15(12-14-8-5-4-6-9-14)17-13(2)16-10-7-11-18-16/h4-11,13,15,17H,3,12H2,1-2H3. The number of benzene rings is 1. The van der Waals surface area contributed by atoms with Crippen molar-refractivity contribution in [3.63, 3.8) is 0 Å². The molecule has 1 N–H and O–H groups in total. The molecule has 0 aliphatic rings. The van der Waals surface area contributed by atoms with Crippen molar-refractivity contribution >= 4 is 0 Å². The van der Waals surface area contributed by atoms with E-state index in [1.165, 1.54) is 5.56 Å². The van der Waals surface area contributed by atoms with Gasteiger partial charge in [0.25, 0.3) is 0 Å². The third kappa shape index (κ3) is 3.47. The van der Waals surface area contributed by atoms with Gasteiger partial charge < -0.3 is 9.73 Å². The molecule has 1 aromatic carbocycles. The Bertz CT molecular complexity index is 435. The lowest BCUT2D eigenvalue weighted by Gasteiger charge is -2.21. The molecule has 0 bridgehead atoms. The highest BCUT2D eigenvalue weighted by Crippen LogP contribution is 2.15. The molecule has 2 rings (SSSR count). The summed E-state index contributed by atoms with van der Waals surface area (Å²) in [6.45, 7) is 4.36. The molecule has 2 unspecified atom stereocenters. The molecule has 0 saturated carbocycles. The summed E-state index contributed by atoms with van der Waals surface area (Å²) in [5.74, 6) is 1.00. The summed E-state index contributed by atoms with van der Waals surface area (Å²) < 4.78 is 5.43. The van der Waals surface area contributed by atoms with E-state index >= 15 is 0 Å². The zero-order valence-corrected chi connectivity index (χ0v) is 11.1. The lowest BCUT2D eigenvalue weighted by atomic mass is 10.0. The van der Waals surface area contributed by atoms with Crippen molar-refractivity contribution in [2.24, 2.45) is 0 Å². The van der Waals surface area contributed by atoms with Crippen LogP contribution in [0.1, 0.15) is 37.6 Å². The first-order valence-electron chi connectivity index (χ1n) is 6.63. The molecule has 2 heteroatoms. The molecule has 1 aromatic heterocycles. The molecule has 1 heterocycles. The maximum Gasteiger partial charge on any atom is 0.120 e. The lowest BCUT2D eigenvalue weighted by Crippen LogP contribution is -2.32. The van der Waals surface area contributed by atoms with Crippen molar-refractivity contribution < 1.29 is 4.42 Å². The van der Waals surface area contributed by atoms with Gasteiger partial charge >= 0.3 is 0 Å². The van der Waals surface area contributed by atoms with Gasteiger partial charge in [-0.25, -0.2) is 0 Å². The Hall–Kier alpha value is -1.54. The maximum absolute atomic E-state index is 5.43. The zero-order valence-electron chi connectivity index (χ0n) is 11.1. The second-order valence-corrected chi connectivity index (χ2v) is 4.70. The van der Waals surface area contributed by atoms with Gasteiger partial charge in [0.05, 0.1) is 12.3 Å². The van der Waals surface area contributed by atoms with Crippen molar-refractivity contribution in [1.82, 2.24) is 5.32 Å². The van der Waals surface area contributed by atoms with Crippen LogP contribution in [0.4, 0.5) is 0 Å². The van der Waals surface area contributed by atoms with E-state index in [1.807, 2.05) is 12.1 Å². The number of furan rings is 1. The fourth-order valence-electron chi connectivity index (χ4n) is 2.19. The minimum absolute atomic E-state index is 0.258. The normalized spacial score (nSPS) is 14.3. The minimum Gasteiger partial charge on any atom is -0.468 e. The van der Waals surface area contributed by atoms with Gasteiger partial charge in [-0.05, 0) is 37.5 Å². The van der Waals surface area contributed by atoms with Gasteiger partial charge in [-0.3, -0.25) is 0 Å². The van der Waals surface area contributed by atoms with E-state index in [-0.39, 0.29) is 6.04 Å². The summed E-state index contributed by atoms with van der Waals surface area (Å²) in [6, 6.07) is 15.3. The minimum atomic E-state index is 0.258. The van der Waals surface area contributed by atoms with Gasteiger partial charge in [-0.15, -0.1) is 0 Å². The Morgan fingerprint density at radius 2 is 1.89 bits per heavy atom. The fourth-order valence-corrected chi connectivity index (χ4v) is 2.19. The molecule has 96 valence electrons. The molecule has 0 spiro atoms. The van der Waals surface area contributed by atoms with Crippen molar-refractivity contribution in [1.29, 1.82) is 0 Å². The molecule has 0 amide bonds. The van der Waals surface area contributed by atoms with Crippen LogP contribution >= 0.6 is 0 Å². The van der Waals surface area contributed by atoms with Gasteiger partial charge in [0.1, 0.15) is 5.76 Å². The van der Waals surface area contributed by atoms with Crippen molar-refractivity contribution in [3.8, 4) is 0 Å². The van der Waals surface area contributed by atoms with E-state index in [0.717, 1.165) is 18.6 Å². The third-order valence-electron chi connectivity index (χ3n) is 3.27. The molecule has 0 aliphatic heterocycles. The number of rotatable bonds is 6.